The van der Waals surface area contributed by atoms with Crippen LogP contribution >= 0.6 is 0 Å². The quantitative estimate of drug-likeness (QED) is 0.744. The van der Waals surface area contributed by atoms with Crippen molar-refractivity contribution in [2.24, 2.45) is 5.92 Å². The lowest BCUT2D eigenvalue weighted by atomic mass is 9.84. The Morgan fingerprint density at radius 2 is 1.81 bits per heavy atom. The van der Waals surface area contributed by atoms with Crippen LogP contribution in [-0.2, 0) is 0 Å². The van der Waals surface area contributed by atoms with E-state index in [9.17, 15) is 5.11 Å². The molecule has 1 aromatic carbocycles. The van der Waals surface area contributed by atoms with E-state index in [0.29, 0.717) is 11.8 Å². The molecule has 3 aliphatic rings. The van der Waals surface area contributed by atoms with Gasteiger partial charge in [-0.25, -0.2) is 0 Å². The van der Waals surface area contributed by atoms with Crippen molar-refractivity contribution in [1.82, 2.24) is 4.90 Å². The molecule has 3 heterocycles. The molecule has 1 unspecified atom stereocenters. The molecule has 0 radical (unpaired) electrons. The molecule has 0 saturated carbocycles. The van der Waals surface area contributed by atoms with Crippen LogP contribution in [0.4, 0.5) is 5.69 Å². The van der Waals surface area contributed by atoms with Gasteiger partial charge in [-0.15, -0.1) is 0 Å². The molecule has 3 fully saturated rings. The minimum absolute atomic E-state index is 0.333. The van der Waals surface area contributed by atoms with Gasteiger partial charge in [0.25, 0.3) is 0 Å². The Morgan fingerprint density at radius 3 is 2.38 bits per heavy atom. The molecule has 2 N–H and O–H groups in total. The van der Waals surface area contributed by atoms with Gasteiger partial charge in [0.2, 0.25) is 0 Å². The van der Waals surface area contributed by atoms with Crippen LogP contribution in [-0.4, -0.2) is 35.7 Å². The molecule has 4 rings (SSSR count). The van der Waals surface area contributed by atoms with Gasteiger partial charge in [0.15, 0.2) is 0 Å². The Balaban J connectivity index is 1.68. The average molecular weight is 218 g/mol. The maximum atomic E-state index is 9.23. The first kappa shape index (κ1) is 9.97. The molecule has 3 aliphatic heterocycles. The van der Waals surface area contributed by atoms with Crippen molar-refractivity contribution in [2.45, 2.75) is 18.9 Å². The van der Waals surface area contributed by atoms with Crippen molar-refractivity contribution >= 4 is 5.69 Å². The summed E-state index contributed by atoms with van der Waals surface area (Å²) in [5.41, 5.74) is 1.12. The number of nitrogens with zero attached hydrogens (tertiary/aromatic N) is 1. The second kappa shape index (κ2) is 3.98. The van der Waals surface area contributed by atoms with Gasteiger partial charge >= 0.3 is 0 Å². The zero-order chi connectivity index (χ0) is 11.0. The predicted molar refractivity (Wildman–Crippen MR) is 64.7 cm³/mol. The van der Waals surface area contributed by atoms with E-state index in [0.717, 1.165) is 11.6 Å². The largest absolute Gasteiger partial charge is 0.508 e. The van der Waals surface area contributed by atoms with Gasteiger partial charge < -0.3 is 15.3 Å². The number of hydrogen-bond donors (Lipinski definition) is 2. The third kappa shape index (κ3) is 1.87. The Labute approximate surface area is 96.1 Å². The van der Waals surface area contributed by atoms with E-state index in [2.05, 4.69) is 10.2 Å². The van der Waals surface area contributed by atoms with E-state index >= 15 is 0 Å². The Bertz CT molecular complexity index is 355. The summed E-state index contributed by atoms with van der Waals surface area (Å²) >= 11 is 0. The van der Waals surface area contributed by atoms with Crippen molar-refractivity contribution in [3.05, 3.63) is 24.3 Å². The standard InChI is InChI=1S/C13H18N2O/c16-12-3-1-11(2-4-12)14-13-9-15-7-5-10(13)6-8-15/h1-4,10,13-14,16H,5-9H2. The summed E-state index contributed by atoms with van der Waals surface area (Å²) in [6.45, 7) is 3.72. The average Bonchev–Trinajstić information content (AvgIpc) is 2.34. The zero-order valence-corrected chi connectivity index (χ0v) is 9.39. The summed E-state index contributed by atoms with van der Waals surface area (Å²) in [5.74, 6) is 1.17. The Kier molecular flexibility index (Phi) is 2.48. The minimum Gasteiger partial charge on any atom is -0.508 e. The fourth-order valence-corrected chi connectivity index (χ4v) is 2.90. The van der Waals surface area contributed by atoms with Crippen molar-refractivity contribution in [1.29, 1.82) is 0 Å². The molecule has 3 nitrogen and oxygen atoms in total. The first-order valence-corrected chi connectivity index (χ1v) is 6.09. The third-order valence-corrected chi connectivity index (χ3v) is 3.88. The number of piperidine rings is 3. The molecule has 3 heteroatoms. The molecule has 3 saturated heterocycles. The fraction of sp³-hybridized carbons (Fsp3) is 0.538. The van der Waals surface area contributed by atoms with Crippen LogP contribution in [0.15, 0.2) is 24.3 Å². The number of anilines is 1. The third-order valence-electron chi connectivity index (χ3n) is 3.88. The number of fused-ring (bicyclic) bond motifs is 3. The lowest BCUT2D eigenvalue weighted by molar-refractivity contribution is 0.0975. The van der Waals surface area contributed by atoms with E-state index in [1.807, 2.05) is 12.1 Å². The number of aromatic hydroxyl groups is 1. The summed E-state index contributed by atoms with van der Waals surface area (Å²) in [6, 6.07) is 7.97. The van der Waals surface area contributed by atoms with Gasteiger partial charge in [-0.05, 0) is 56.1 Å². The molecule has 16 heavy (non-hydrogen) atoms. The molecule has 1 aromatic rings. The molecule has 1 atom stereocenters. The second-order valence-corrected chi connectivity index (χ2v) is 4.94. The maximum Gasteiger partial charge on any atom is 0.115 e. The number of phenols is 1. The normalized spacial score (nSPS) is 32.6. The first-order chi connectivity index (χ1) is 7.81. The summed E-state index contributed by atoms with van der Waals surface area (Å²) in [7, 11) is 0. The van der Waals surface area contributed by atoms with Crippen LogP contribution in [0, 0.1) is 5.92 Å². The van der Waals surface area contributed by atoms with Crippen LogP contribution in [0.25, 0.3) is 0 Å². The van der Waals surface area contributed by atoms with Gasteiger partial charge in [-0.3, -0.25) is 0 Å². The maximum absolute atomic E-state index is 9.23. The number of rotatable bonds is 2. The number of nitrogens with one attached hydrogen (secondary N) is 1. The topological polar surface area (TPSA) is 35.5 Å². The molecule has 0 aliphatic carbocycles. The summed E-state index contributed by atoms with van der Waals surface area (Å²) < 4.78 is 0. The van der Waals surface area contributed by atoms with Gasteiger partial charge in [-0.2, -0.15) is 0 Å². The molecule has 0 spiro atoms. The van der Waals surface area contributed by atoms with E-state index in [4.69, 9.17) is 0 Å². The van der Waals surface area contributed by atoms with Crippen molar-refractivity contribution < 1.29 is 5.11 Å². The zero-order valence-electron chi connectivity index (χ0n) is 9.39. The van der Waals surface area contributed by atoms with Gasteiger partial charge in [0, 0.05) is 18.3 Å². The molecule has 0 aromatic heterocycles. The van der Waals surface area contributed by atoms with E-state index in [-0.39, 0.29) is 0 Å². The van der Waals surface area contributed by atoms with Crippen LogP contribution < -0.4 is 5.32 Å². The SMILES string of the molecule is Oc1ccc(NC2CN3CCC2CC3)cc1. The van der Waals surface area contributed by atoms with E-state index < -0.39 is 0 Å². The van der Waals surface area contributed by atoms with Gasteiger partial charge in [0.1, 0.15) is 5.75 Å². The summed E-state index contributed by atoms with van der Waals surface area (Å²) in [6.07, 6.45) is 2.66. The highest BCUT2D eigenvalue weighted by Crippen LogP contribution is 2.29. The van der Waals surface area contributed by atoms with Crippen molar-refractivity contribution in [3.63, 3.8) is 0 Å². The fourth-order valence-electron chi connectivity index (χ4n) is 2.90. The monoisotopic (exact) mass is 218 g/mol. The van der Waals surface area contributed by atoms with Crippen LogP contribution in [0.2, 0.25) is 0 Å². The first-order valence-electron chi connectivity index (χ1n) is 6.09. The lowest BCUT2D eigenvalue weighted by Crippen LogP contribution is -2.53. The van der Waals surface area contributed by atoms with E-state index in [1.165, 1.54) is 32.5 Å². The minimum atomic E-state index is 0.333. The van der Waals surface area contributed by atoms with Crippen molar-refractivity contribution in [3.8, 4) is 5.75 Å². The molecule has 2 bridgehead atoms. The Hall–Kier alpha value is -1.22. The molecule has 0 amide bonds. The second-order valence-electron chi connectivity index (χ2n) is 4.94. The summed E-state index contributed by atoms with van der Waals surface area (Å²) in [4.78, 5) is 2.54. The molecule has 86 valence electrons. The van der Waals surface area contributed by atoms with Crippen LogP contribution in [0.3, 0.4) is 0 Å². The highest BCUT2D eigenvalue weighted by Gasteiger charge is 2.33. The predicted octanol–water partition coefficient (Wildman–Crippen LogP) is 1.90. The van der Waals surface area contributed by atoms with Gasteiger partial charge in [-0.1, -0.05) is 0 Å². The van der Waals surface area contributed by atoms with Crippen LogP contribution in [0.1, 0.15) is 12.8 Å². The summed E-state index contributed by atoms with van der Waals surface area (Å²) in [5, 5.41) is 12.8. The van der Waals surface area contributed by atoms with Crippen LogP contribution in [0.5, 0.6) is 5.75 Å². The number of phenolic OH excluding ortho intramolecular Hbond substituents is 1. The Morgan fingerprint density at radius 1 is 1.12 bits per heavy atom. The highest BCUT2D eigenvalue weighted by atomic mass is 16.3. The molecular weight excluding hydrogens is 200 g/mol. The van der Waals surface area contributed by atoms with E-state index in [1.54, 1.807) is 12.1 Å². The molecular formula is C13H18N2O. The lowest BCUT2D eigenvalue weighted by Gasteiger charge is -2.45. The number of benzene rings is 1. The van der Waals surface area contributed by atoms with Crippen molar-refractivity contribution in [2.75, 3.05) is 25.0 Å². The smallest absolute Gasteiger partial charge is 0.115 e. The number of hydrogen-bond acceptors (Lipinski definition) is 3. The van der Waals surface area contributed by atoms with Gasteiger partial charge in [0.05, 0.1) is 0 Å². The highest BCUT2D eigenvalue weighted by molar-refractivity contribution is 5.47.